The second kappa shape index (κ2) is 5.66. The molecule has 1 aliphatic carbocycles. The number of nitrogen functional groups attached to an aromatic ring is 1. The average Bonchev–Trinajstić information content (AvgIpc) is 2.89. The van der Waals surface area contributed by atoms with Gasteiger partial charge in [-0.25, -0.2) is 4.98 Å². The van der Waals surface area contributed by atoms with E-state index in [1.54, 1.807) is 6.07 Å². The van der Waals surface area contributed by atoms with Gasteiger partial charge in [-0.15, -0.1) is 0 Å². The molecule has 0 aromatic carbocycles. The van der Waals surface area contributed by atoms with Gasteiger partial charge in [-0.2, -0.15) is 0 Å². The topological polar surface area (TPSA) is 59.2 Å². The molecule has 21 heavy (non-hydrogen) atoms. The van der Waals surface area contributed by atoms with Gasteiger partial charge in [0.05, 0.1) is 0 Å². The first-order chi connectivity index (χ1) is 10.1. The van der Waals surface area contributed by atoms with Crippen LogP contribution >= 0.6 is 0 Å². The minimum Gasteiger partial charge on any atom is -0.384 e. The first kappa shape index (κ1) is 14.4. The number of anilines is 1. The first-order valence-corrected chi connectivity index (χ1v) is 8.14. The lowest BCUT2D eigenvalue weighted by Gasteiger charge is -2.31. The lowest BCUT2D eigenvalue weighted by Crippen LogP contribution is -2.39. The third kappa shape index (κ3) is 2.76. The smallest absolute Gasteiger partial charge is 0.254 e. The number of carbonyl (C=O) groups excluding carboxylic acids is 1. The Bertz CT molecular complexity index is 541. The first-order valence-electron chi connectivity index (χ1n) is 8.14. The van der Waals surface area contributed by atoms with Crippen LogP contribution in [0, 0.1) is 5.92 Å². The molecule has 0 bridgehead atoms. The second-order valence-corrected chi connectivity index (χ2v) is 6.76. The fraction of sp³-hybridized carbons (Fsp3) is 0.647. The number of hydrogen-bond acceptors (Lipinski definition) is 3. The number of carbonyl (C=O) groups is 1. The van der Waals surface area contributed by atoms with Crippen molar-refractivity contribution in [2.75, 3.05) is 12.3 Å². The van der Waals surface area contributed by atoms with Crippen molar-refractivity contribution in [3.8, 4) is 0 Å². The Hall–Kier alpha value is -1.58. The Morgan fingerprint density at radius 3 is 2.81 bits per heavy atom. The quantitative estimate of drug-likeness (QED) is 0.908. The summed E-state index contributed by atoms with van der Waals surface area (Å²) >= 11 is 0. The van der Waals surface area contributed by atoms with Gasteiger partial charge in [0.1, 0.15) is 5.82 Å². The van der Waals surface area contributed by atoms with Crippen molar-refractivity contribution in [2.24, 2.45) is 5.92 Å². The van der Waals surface area contributed by atoms with Gasteiger partial charge in [-0.1, -0.05) is 26.7 Å². The molecule has 1 saturated heterocycles. The third-order valence-electron chi connectivity index (χ3n) is 4.97. The van der Waals surface area contributed by atoms with Crippen LogP contribution in [-0.2, 0) is 0 Å². The molecular formula is C17H25N3O. The van der Waals surface area contributed by atoms with Crippen LogP contribution in [0.2, 0.25) is 0 Å². The molecule has 114 valence electrons. The van der Waals surface area contributed by atoms with Crippen molar-refractivity contribution in [2.45, 2.75) is 57.9 Å². The number of pyridine rings is 1. The van der Waals surface area contributed by atoms with Gasteiger partial charge in [0.2, 0.25) is 0 Å². The Kier molecular flexibility index (Phi) is 3.87. The lowest BCUT2D eigenvalue weighted by atomic mass is 9.85. The molecule has 1 amide bonds. The highest BCUT2D eigenvalue weighted by molar-refractivity contribution is 5.95. The summed E-state index contributed by atoms with van der Waals surface area (Å²) in [5.41, 5.74) is 7.49. The highest BCUT2D eigenvalue weighted by Gasteiger charge is 2.38. The van der Waals surface area contributed by atoms with Crippen molar-refractivity contribution in [1.29, 1.82) is 0 Å². The normalized spacial score (nSPS) is 25.2. The van der Waals surface area contributed by atoms with E-state index in [0.29, 0.717) is 23.3 Å². The van der Waals surface area contributed by atoms with Crippen LogP contribution < -0.4 is 5.73 Å². The van der Waals surface area contributed by atoms with Crippen LogP contribution in [0.15, 0.2) is 12.1 Å². The van der Waals surface area contributed by atoms with Gasteiger partial charge >= 0.3 is 0 Å². The summed E-state index contributed by atoms with van der Waals surface area (Å²) in [6.45, 7) is 5.04. The van der Waals surface area contributed by atoms with Crippen LogP contribution in [0.3, 0.4) is 0 Å². The molecule has 4 nitrogen and oxygen atoms in total. The fourth-order valence-electron chi connectivity index (χ4n) is 3.82. The van der Waals surface area contributed by atoms with E-state index in [9.17, 15) is 4.79 Å². The number of amides is 1. The van der Waals surface area contributed by atoms with E-state index in [4.69, 9.17) is 5.73 Å². The maximum Gasteiger partial charge on any atom is 0.254 e. The Morgan fingerprint density at radius 1 is 1.29 bits per heavy atom. The summed E-state index contributed by atoms with van der Waals surface area (Å²) in [5.74, 6) is 1.58. The van der Waals surface area contributed by atoms with E-state index in [1.165, 1.54) is 19.3 Å². The van der Waals surface area contributed by atoms with E-state index in [1.807, 2.05) is 6.07 Å². The van der Waals surface area contributed by atoms with Gasteiger partial charge in [-0.05, 0) is 43.2 Å². The van der Waals surface area contributed by atoms with Crippen molar-refractivity contribution in [1.82, 2.24) is 9.88 Å². The van der Waals surface area contributed by atoms with E-state index in [2.05, 4.69) is 23.7 Å². The summed E-state index contributed by atoms with van der Waals surface area (Å²) in [5, 5.41) is 0. The maximum atomic E-state index is 12.9. The zero-order valence-corrected chi connectivity index (χ0v) is 13.0. The third-order valence-corrected chi connectivity index (χ3v) is 4.97. The minimum absolute atomic E-state index is 0.139. The second-order valence-electron chi connectivity index (χ2n) is 6.76. The van der Waals surface area contributed by atoms with Crippen LogP contribution in [0.25, 0.3) is 0 Å². The number of likely N-dealkylation sites (tertiary alicyclic amines) is 1. The van der Waals surface area contributed by atoms with Gasteiger partial charge in [0.15, 0.2) is 0 Å². The summed E-state index contributed by atoms with van der Waals surface area (Å²) in [6.07, 6.45) is 6.18. The number of rotatable bonds is 2. The molecule has 1 aromatic heterocycles. The summed E-state index contributed by atoms with van der Waals surface area (Å²) < 4.78 is 0. The molecular weight excluding hydrogens is 262 g/mol. The summed E-state index contributed by atoms with van der Waals surface area (Å²) in [6, 6.07) is 4.09. The number of nitrogens with two attached hydrogens (primary N) is 1. The predicted octanol–water partition coefficient (Wildman–Crippen LogP) is 3.19. The molecule has 2 unspecified atom stereocenters. The zero-order valence-electron chi connectivity index (χ0n) is 13.0. The molecule has 2 aliphatic rings. The van der Waals surface area contributed by atoms with Crippen LogP contribution in [0.4, 0.5) is 5.82 Å². The monoisotopic (exact) mass is 287 g/mol. The molecule has 2 fully saturated rings. The standard InChI is InChI=1S/C17H25N3O/c1-11(2)14-9-13(10-16(18)19-14)17(21)20-8-7-12-5-3-4-6-15(12)20/h9-12,15H,3-8H2,1-2H3,(H2,18,19). The lowest BCUT2D eigenvalue weighted by molar-refractivity contribution is 0.0690. The van der Waals surface area contributed by atoms with E-state index >= 15 is 0 Å². The Balaban J connectivity index is 1.85. The molecule has 3 rings (SSSR count). The van der Waals surface area contributed by atoms with Crippen molar-refractivity contribution >= 4 is 11.7 Å². The van der Waals surface area contributed by atoms with Gasteiger partial charge in [0.25, 0.3) is 5.91 Å². The molecule has 0 spiro atoms. The predicted molar refractivity (Wildman–Crippen MR) is 84.1 cm³/mol. The Morgan fingerprint density at radius 2 is 2.05 bits per heavy atom. The number of fused-ring (bicyclic) bond motifs is 1. The summed E-state index contributed by atoms with van der Waals surface area (Å²) in [4.78, 5) is 19.3. The van der Waals surface area contributed by atoms with Crippen molar-refractivity contribution < 1.29 is 4.79 Å². The molecule has 0 radical (unpaired) electrons. The van der Waals surface area contributed by atoms with Gasteiger partial charge in [0, 0.05) is 23.8 Å². The van der Waals surface area contributed by atoms with Crippen LogP contribution in [-0.4, -0.2) is 28.4 Å². The molecule has 1 aliphatic heterocycles. The minimum atomic E-state index is 0.139. The fourth-order valence-corrected chi connectivity index (χ4v) is 3.82. The highest BCUT2D eigenvalue weighted by Crippen LogP contribution is 2.37. The van der Waals surface area contributed by atoms with Gasteiger partial charge in [-0.3, -0.25) is 4.79 Å². The summed E-state index contributed by atoms with van der Waals surface area (Å²) in [7, 11) is 0. The highest BCUT2D eigenvalue weighted by atomic mass is 16.2. The average molecular weight is 287 g/mol. The van der Waals surface area contributed by atoms with E-state index < -0.39 is 0 Å². The van der Waals surface area contributed by atoms with Crippen LogP contribution in [0.5, 0.6) is 0 Å². The number of nitrogens with zero attached hydrogens (tertiary/aromatic N) is 2. The Labute approximate surface area is 126 Å². The largest absolute Gasteiger partial charge is 0.384 e. The molecule has 4 heteroatoms. The molecule has 2 N–H and O–H groups in total. The van der Waals surface area contributed by atoms with Crippen molar-refractivity contribution in [3.63, 3.8) is 0 Å². The maximum absolute atomic E-state index is 12.9. The van der Waals surface area contributed by atoms with Crippen LogP contribution in [0.1, 0.15) is 67.9 Å². The zero-order chi connectivity index (χ0) is 15.0. The number of hydrogen-bond donors (Lipinski definition) is 1. The van der Waals surface area contributed by atoms with E-state index in [-0.39, 0.29) is 11.8 Å². The molecule has 1 aromatic rings. The van der Waals surface area contributed by atoms with Gasteiger partial charge < -0.3 is 10.6 Å². The van der Waals surface area contributed by atoms with Crippen molar-refractivity contribution in [3.05, 3.63) is 23.4 Å². The molecule has 1 saturated carbocycles. The van der Waals surface area contributed by atoms with E-state index in [0.717, 1.165) is 25.1 Å². The number of aromatic nitrogens is 1. The molecule has 2 heterocycles. The molecule has 2 atom stereocenters. The SMILES string of the molecule is CC(C)c1cc(C(=O)N2CCC3CCCCC32)cc(N)n1.